The highest BCUT2D eigenvalue weighted by atomic mass is 19.4. The molecule has 0 spiro atoms. The molecular weight excluding hydrogens is 419 g/mol. The minimum atomic E-state index is -4.65. The zero-order valence-electron chi connectivity index (χ0n) is 19.0. The number of hydrogen-bond acceptors (Lipinski definition) is 4. The van der Waals surface area contributed by atoms with Crippen LogP contribution in [0.15, 0.2) is 36.4 Å². The van der Waals surface area contributed by atoms with Gasteiger partial charge in [0.1, 0.15) is 5.75 Å². The molecule has 0 saturated heterocycles. The Morgan fingerprint density at radius 2 is 1.62 bits per heavy atom. The van der Waals surface area contributed by atoms with Gasteiger partial charge in [-0.1, -0.05) is 12.1 Å². The van der Waals surface area contributed by atoms with Crippen LogP contribution in [0.5, 0.6) is 17.2 Å². The van der Waals surface area contributed by atoms with Crippen molar-refractivity contribution in [2.45, 2.75) is 44.9 Å². The number of benzene rings is 2. The molecule has 0 fully saturated rings. The molecule has 0 aliphatic heterocycles. The second-order valence-electron chi connectivity index (χ2n) is 8.47. The fourth-order valence-corrected chi connectivity index (χ4v) is 4.34. The number of methoxy groups -OCH3 is 2. The van der Waals surface area contributed by atoms with Crippen LogP contribution in [-0.4, -0.2) is 45.6 Å². The lowest BCUT2D eigenvalue weighted by molar-refractivity contribution is -0.274. The van der Waals surface area contributed by atoms with Crippen LogP contribution in [0.2, 0.25) is 0 Å². The van der Waals surface area contributed by atoms with Crippen LogP contribution in [0.1, 0.15) is 36.0 Å². The molecule has 0 saturated carbocycles. The standard InChI is InChI=1S/C25H32F3NO3/c1-29(14-12-18-7-10-22(11-8-18)32-25(26,27)28)13-4-5-19-6-9-20-16-23(30-2)24(31-3)17-21(20)15-19/h7-8,10-11,16-17,19H,4-6,9,12-15H2,1-3H3. The van der Waals surface area contributed by atoms with Gasteiger partial charge in [0.2, 0.25) is 0 Å². The number of ether oxygens (including phenoxy) is 3. The fraction of sp³-hybridized carbons (Fsp3) is 0.520. The number of rotatable bonds is 10. The Kier molecular flexibility index (Phi) is 8.29. The smallest absolute Gasteiger partial charge is 0.493 e. The molecule has 0 N–H and O–H groups in total. The van der Waals surface area contributed by atoms with Gasteiger partial charge in [-0.3, -0.25) is 0 Å². The first-order valence-electron chi connectivity index (χ1n) is 11.0. The van der Waals surface area contributed by atoms with Gasteiger partial charge < -0.3 is 19.1 Å². The van der Waals surface area contributed by atoms with E-state index in [0.717, 1.165) is 55.8 Å². The second-order valence-corrected chi connectivity index (χ2v) is 8.47. The Morgan fingerprint density at radius 1 is 0.969 bits per heavy atom. The fourth-order valence-electron chi connectivity index (χ4n) is 4.34. The van der Waals surface area contributed by atoms with E-state index in [0.29, 0.717) is 5.92 Å². The first-order chi connectivity index (χ1) is 15.3. The summed E-state index contributed by atoms with van der Waals surface area (Å²) in [5, 5.41) is 0. The highest BCUT2D eigenvalue weighted by Gasteiger charge is 2.31. The zero-order valence-corrected chi connectivity index (χ0v) is 19.0. The normalized spacial score (nSPS) is 16.0. The predicted molar refractivity (Wildman–Crippen MR) is 119 cm³/mol. The summed E-state index contributed by atoms with van der Waals surface area (Å²) < 4.78 is 51.5. The lowest BCUT2D eigenvalue weighted by atomic mass is 9.81. The summed E-state index contributed by atoms with van der Waals surface area (Å²) in [5.41, 5.74) is 3.73. The van der Waals surface area contributed by atoms with Crippen LogP contribution in [0.3, 0.4) is 0 Å². The summed E-state index contributed by atoms with van der Waals surface area (Å²) in [5.74, 6) is 2.09. The highest BCUT2D eigenvalue weighted by molar-refractivity contribution is 5.48. The van der Waals surface area contributed by atoms with Gasteiger partial charge in [0.05, 0.1) is 14.2 Å². The molecule has 1 unspecified atom stereocenters. The van der Waals surface area contributed by atoms with E-state index in [1.807, 2.05) is 0 Å². The number of likely N-dealkylation sites (N-methyl/N-ethyl adjacent to an activating group) is 1. The summed E-state index contributed by atoms with van der Waals surface area (Å²) in [7, 11) is 5.43. The van der Waals surface area contributed by atoms with E-state index in [2.05, 4.69) is 28.8 Å². The third-order valence-electron chi connectivity index (χ3n) is 6.13. The average molecular weight is 452 g/mol. The summed E-state index contributed by atoms with van der Waals surface area (Å²) in [6.07, 6.45) is 1.79. The van der Waals surface area contributed by atoms with E-state index in [-0.39, 0.29) is 5.75 Å². The second kappa shape index (κ2) is 10.9. The summed E-state index contributed by atoms with van der Waals surface area (Å²) >= 11 is 0. The molecule has 4 nitrogen and oxygen atoms in total. The quantitative estimate of drug-likeness (QED) is 0.466. The minimum Gasteiger partial charge on any atom is -0.493 e. The Hall–Kier alpha value is -2.41. The maximum atomic E-state index is 12.2. The van der Waals surface area contributed by atoms with Gasteiger partial charge in [-0.25, -0.2) is 0 Å². The molecule has 2 aromatic carbocycles. The van der Waals surface area contributed by atoms with Crippen LogP contribution in [0.4, 0.5) is 13.2 Å². The van der Waals surface area contributed by atoms with Crippen molar-refractivity contribution in [3.05, 3.63) is 53.1 Å². The molecule has 3 rings (SSSR count). The Bertz CT molecular complexity index is 868. The predicted octanol–water partition coefficient (Wildman–Crippen LogP) is 5.66. The van der Waals surface area contributed by atoms with E-state index < -0.39 is 6.36 Å². The van der Waals surface area contributed by atoms with Gasteiger partial charge in [0.15, 0.2) is 11.5 Å². The van der Waals surface area contributed by atoms with E-state index in [4.69, 9.17) is 9.47 Å². The Labute approximate surface area is 188 Å². The highest BCUT2D eigenvalue weighted by Crippen LogP contribution is 2.36. The topological polar surface area (TPSA) is 30.9 Å². The number of fused-ring (bicyclic) bond motifs is 1. The number of aryl methyl sites for hydroxylation is 1. The lowest BCUT2D eigenvalue weighted by Gasteiger charge is -2.26. The SMILES string of the molecule is COc1cc2c(cc1OC)CC(CCCN(C)CCc1ccc(OC(F)(F)F)cc1)CC2. The summed E-state index contributed by atoms with van der Waals surface area (Å²) in [6, 6.07) is 10.4. The van der Waals surface area contributed by atoms with Gasteiger partial charge in [0.25, 0.3) is 0 Å². The van der Waals surface area contributed by atoms with Crippen molar-refractivity contribution in [2.24, 2.45) is 5.92 Å². The molecule has 0 radical (unpaired) electrons. The van der Waals surface area contributed by atoms with Crippen LogP contribution in [0.25, 0.3) is 0 Å². The maximum absolute atomic E-state index is 12.2. The maximum Gasteiger partial charge on any atom is 0.573 e. The van der Waals surface area contributed by atoms with E-state index >= 15 is 0 Å². The number of nitrogens with zero attached hydrogens (tertiary/aromatic N) is 1. The zero-order chi connectivity index (χ0) is 23.1. The molecular formula is C25H32F3NO3. The largest absolute Gasteiger partial charge is 0.573 e. The molecule has 176 valence electrons. The van der Waals surface area contributed by atoms with E-state index in [1.54, 1.807) is 26.4 Å². The van der Waals surface area contributed by atoms with Gasteiger partial charge in [-0.15, -0.1) is 13.2 Å². The molecule has 1 aliphatic carbocycles. The molecule has 7 heteroatoms. The Balaban J connectivity index is 1.39. The van der Waals surface area contributed by atoms with Gasteiger partial charge in [-0.05, 0) is 99.0 Å². The van der Waals surface area contributed by atoms with Crippen LogP contribution < -0.4 is 14.2 Å². The van der Waals surface area contributed by atoms with E-state index in [9.17, 15) is 13.2 Å². The number of alkyl halides is 3. The van der Waals surface area contributed by atoms with E-state index in [1.165, 1.54) is 36.1 Å². The Morgan fingerprint density at radius 3 is 2.25 bits per heavy atom. The van der Waals surface area contributed by atoms with Crippen molar-refractivity contribution >= 4 is 0 Å². The number of hydrogen-bond donors (Lipinski definition) is 0. The van der Waals surface area contributed by atoms with Gasteiger partial charge in [0, 0.05) is 6.54 Å². The monoisotopic (exact) mass is 451 g/mol. The first-order valence-corrected chi connectivity index (χ1v) is 11.0. The van der Waals surface area contributed by atoms with Gasteiger partial charge in [-0.2, -0.15) is 0 Å². The van der Waals surface area contributed by atoms with Crippen LogP contribution in [-0.2, 0) is 19.3 Å². The minimum absolute atomic E-state index is 0.181. The molecule has 0 amide bonds. The van der Waals surface area contributed by atoms with Crippen LogP contribution >= 0.6 is 0 Å². The summed E-state index contributed by atoms with van der Waals surface area (Å²) in [4.78, 5) is 2.28. The van der Waals surface area contributed by atoms with Crippen molar-refractivity contribution in [2.75, 3.05) is 34.4 Å². The van der Waals surface area contributed by atoms with Crippen LogP contribution in [0, 0.1) is 5.92 Å². The first kappa shape index (κ1) is 24.2. The van der Waals surface area contributed by atoms with Crippen molar-refractivity contribution < 1.29 is 27.4 Å². The molecule has 1 aliphatic rings. The summed E-state index contributed by atoms with van der Waals surface area (Å²) in [6.45, 7) is 1.87. The number of halogens is 3. The van der Waals surface area contributed by atoms with Crippen molar-refractivity contribution in [1.82, 2.24) is 4.90 Å². The molecule has 0 aromatic heterocycles. The molecule has 0 bridgehead atoms. The molecule has 32 heavy (non-hydrogen) atoms. The van der Waals surface area contributed by atoms with Gasteiger partial charge >= 0.3 is 6.36 Å². The lowest BCUT2D eigenvalue weighted by Crippen LogP contribution is -2.23. The average Bonchev–Trinajstić information content (AvgIpc) is 2.76. The third-order valence-corrected chi connectivity index (χ3v) is 6.13. The third kappa shape index (κ3) is 7.05. The van der Waals surface area contributed by atoms with Crippen molar-refractivity contribution in [3.63, 3.8) is 0 Å². The van der Waals surface area contributed by atoms with Crippen molar-refractivity contribution in [3.8, 4) is 17.2 Å². The molecule has 0 heterocycles. The molecule has 2 aromatic rings. The molecule has 1 atom stereocenters. The van der Waals surface area contributed by atoms with Crippen molar-refractivity contribution in [1.29, 1.82) is 0 Å².